The van der Waals surface area contributed by atoms with Gasteiger partial charge in [0.05, 0.1) is 20.8 Å². The molecule has 0 aliphatic carbocycles. The van der Waals surface area contributed by atoms with E-state index >= 15 is 0 Å². The van der Waals surface area contributed by atoms with Gasteiger partial charge in [0.2, 0.25) is 5.91 Å². The molecule has 3 aromatic carbocycles. The summed E-state index contributed by atoms with van der Waals surface area (Å²) in [4.78, 5) is 24.3. The number of esters is 1. The van der Waals surface area contributed by atoms with Gasteiger partial charge in [0, 0.05) is 12.1 Å². The Morgan fingerprint density at radius 3 is 2.26 bits per heavy atom. The number of hydrogen-bond acceptors (Lipinski definition) is 5. The molecular weight excluding hydrogens is 442 g/mol. The average molecular weight is 476 g/mol. The molecule has 1 N–H and O–H groups in total. The van der Waals surface area contributed by atoms with Crippen molar-refractivity contribution in [3.8, 4) is 11.5 Å². The molecule has 6 heteroatoms. The van der Waals surface area contributed by atoms with Crippen molar-refractivity contribution < 1.29 is 23.8 Å². The minimum Gasteiger partial charge on any atom is -0.496 e. The summed E-state index contributed by atoms with van der Waals surface area (Å²) in [6.45, 7) is 0.700. The third kappa shape index (κ3) is 8.49. The standard InChI is InChI=1S/C29H33NO5/c1-33-27-18-15-24(21-26(27)29(32)34-2)30-28(31)19-14-23-12-16-25(17-13-23)35-20-8-4-7-11-22-9-5-3-6-10-22/h3,5-6,9-10,12-13,15-18,21H,4,7-8,11,14,19-20H2,1-2H3,(H,30,31). The van der Waals surface area contributed by atoms with Crippen LogP contribution in [0.5, 0.6) is 11.5 Å². The maximum absolute atomic E-state index is 12.4. The van der Waals surface area contributed by atoms with E-state index in [-0.39, 0.29) is 11.5 Å². The molecule has 0 radical (unpaired) electrons. The Bertz CT molecular complexity index is 1080. The van der Waals surface area contributed by atoms with Gasteiger partial charge in [-0.3, -0.25) is 4.79 Å². The van der Waals surface area contributed by atoms with Crippen molar-refractivity contribution in [3.05, 3.63) is 89.5 Å². The number of hydrogen-bond donors (Lipinski definition) is 1. The number of carbonyl (C=O) groups excluding carboxylic acids is 2. The molecule has 0 aliphatic rings. The van der Waals surface area contributed by atoms with Crippen LogP contribution in [0.2, 0.25) is 0 Å². The number of carbonyl (C=O) groups is 2. The molecule has 0 aliphatic heterocycles. The van der Waals surface area contributed by atoms with E-state index in [1.807, 2.05) is 30.3 Å². The molecule has 35 heavy (non-hydrogen) atoms. The van der Waals surface area contributed by atoms with Crippen molar-refractivity contribution in [1.82, 2.24) is 0 Å². The average Bonchev–Trinajstić information content (AvgIpc) is 2.90. The molecule has 0 aromatic heterocycles. The summed E-state index contributed by atoms with van der Waals surface area (Å²) in [7, 11) is 2.78. The SMILES string of the molecule is COC(=O)c1cc(NC(=O)CCc2ccc(OCCCCCc3ccccc3)cc2)ccc1OC. The van der Waals surface area contributed by atoms with Gasteiger partial charge in [-0.25, -0.2) is 4.79 Å². The first-order chi connectivity index (χ1) is 17.1. The molecule has 3 rings (SSSR count). The molecule has 0 heterocycles. The number of ether oxygens (including phenoxy) is 3. The summed E-state index contributed by atoms with van der Waals surface area (Å²) in [6, 6.07) is 23.3. The van der Waals surface area contributed by atoms with Gasteiger partial charge in [0.15, 0.2) is 0 Å². The molecule has 0 saturated carbocycles. The second-order valence-corrected chi connectivity index (χ2v) is 8.24. The molecule has 6 nitrogen and oxygen atoms in total. The lowest BCUT2D eigenvalue weighted by atomic mass is 10.1. The minimum atomic E-state index is -0.521. The van der Waals surface area contributed by atoms with Crippen molar-refractivity contribution in [3.63, 3.8) is 0 Å². The molecule has 1 amide bonds. The highest BCUT2D eigenvalue weighted by molar-refractivity contribution is 5.96. The Morgan fingerprint density at radius 2 is 1.54 bits per heavy atom. The van der Waals surface area contributed by atoms with E-state index in [0.717, 1.165) is 37.0 Å². The van der Waals surface area contributed by atoms with Gasteiger partial charge in [-0.2, -0.15) is 0 Å². The highest BCUT2D eigenvalue weighted by Gasteiger charge is 2.14. The normalized spacial score (nSPS) is 10.5. The van der Waals surface area contributed by atoms with Crippen molar-refractivity contribution in [2.24, 2.45) is 0 Å². The minimum absolute atomic E-state index is 0.137. The van der Waals surface area contributed by atoms with Crippen LogP contribution >= 0.6 is 0 Å². The van der Waals surface area contributed by atoms with Crippen LogP contribution in [0.3, 0.4) is 0 Å². The molecule has 0 bridgehead atoms. The first-order valence-corrected chi connectivity index (χ1v) is 11.9. The molecule has 184 valence electrons. The fourth-order valence-electron chi connectivity index (χ4n) is 3.73. The molecule has 0 saturated heterocycles. The van der Waals surface area contributed by atoms with E-state index in [1.54, 1.807) is 18.2 Å². The van der Waals surface area contributed by atoms with E-state index in [2.05, 4.69) is 29.6 Å². The smallest absolute Gasteiger partial charge is 0.341 e. The lowest BCUT2D eigenvalue weighted by Gasteiger charge is -2.11. The summed E-state index contributed by atoms with van der Waals surface area (Å²) < 4.78 is 15.8. The van der Waals surface area contributed by atoms with Crippen molar-refractivity contribution >= 4 is 17.6 Å². The first-order valence-electron chi connectivity index (χ1n) is 11.9. The van der Waals surface area contributed by atoms with Gasteiger partial charge in [-0.05, 0) is 73.6 Å². The summed E-state index contributed by atoms with van der Waals surface area (Å²) in [5.74, 6) is 0.577. The largest absolute Gasteiger partial charge is 0.496 e. The van der Waals surface area contributed by atoms with Gasteiger partial charge < -0.3 is 19.5 Å². The summed E-state index contributed by atoms with van der Waals surface area (Å²) >= 11 is 0. The number of nitrogens with one attached hydrogen (secondary N) is 1. The van der Waals surface area contributed by atoms with E-state index in [1.165, 1.54) is 19.8 Å². The van der Waals surface area contributed by atoms with Gasteiger partial charge in [0.1, 0.15) is 17.1 Å². The van der Waals surface area contributed by atoms with Crippen molar-refractivity contribution in [2.75, 3.05) is 26.1 Å². The fourth-order valence-corrected chi connectivity index (χ4v) is 3.73. The van der Waals surface area contributed by atoms with Gasteiger partial charge in [-0.15, -0.1) is 0 Å². The lowest BCUT2D eigenvalue weighted by molar-refractivity contribution is -0.116. The van der Waals surface area contributed by atoms with Gasteiger partial charge in [0.25, 0.3) is 0 Å². The van der Waals surface area contributed by atoms with E-state index in [4.69, 9.17) is 14.2 Å². The van der Waals surface area contributed by atoms with Crippen LogP contribution < -0.4 is 14.8 Å². The van der Waals surface area contributed by atoms with Crippen LogP contribution in [0.1, 0.15) is 47.2 Å². The van der Waals surface area contributed by atoms with Crippen LogP contribution in [-0.2, 0) is 22.4 Å². The monoisotopic (exact) mass is 475 g/mol. The third-order valence-corrected chi connectivity index (χ3v) is 5.67. The maximum Gasteiger partial charge on any atom is 0.341 e. The molecule has 0 fully saturated rings. The van der Waals surface area contributed by atoms with Crippen LogP contribution in [-0.4, -0.2) is 32.7 Å². The molecular formula is C29H33NO5. The summed E-state index contributed by atoms with van der Waals surface area (Å²) in [5.41, 5.74) is 3.22. The number of rotatable bonds is 13. The van der Waals surface area contributed by atoms with Gasteiger partial charge >= 0.3 is 5.97 Å². The van der Waals surface area contributed by atoms with Gasteiger partial charge in [-0.1, -0.05) is 42.5 Å². The van der Waals surface area contributed by atoms with Crippen LogP contribution in [0.15, 0.2) is 72.8 Å². The van der Waals surface area contributed by atoms with E-state index in [0.29, 0.717) is 30.9 Å². The lowest BCUT2D eigenvalue weighted by Crippen LogP contribution is -2.13. The third-order valence-electron chi connectivity index (χ3n) is 5.67. The number of amides is 1. The Morgan fingerprint density at radius 1 is 0.800 bits per heavy atom. The van der Waals surface area contributed by atoms with Crippen LogP contribution in [0, 0.1) is 0 Å². The Labute approximate surface area is 207 Å². The molecule has 0 atom stereocenters. The zero-order valence-corrected chi connectivity index (χ0v) is 20.4. The predicted molar refractivity (Wildman–Crippen MR) is 137 cm³/mol. The Hall–Kier alpha value is -3.80. The van der Waals surface area contributed by atoms with E-state index < -0.39 is 5.97 Å². The fraction of sp³-hybridized carbons (Fsp3) is 0.310. The second-order valence-electron chi connectivity index (χ2n) is 8.24. The summed E-state index contributed by atoms with van der Waals surface area (Å²) in [6.07, 6.45) is 5.35. The molecule has 3 aromatic rings. The van der Waals surface area contributed by atoms with Crippen molar-refractivity contribution in [2.45, 2.75) is 38.5 Å². The quantitative estimate of drug-likeness (QED) is 0.248. The first kappa shape index (κ1) is 25.8. The van der Waals surface area contributed by atoms with E-state index in [9.17, 15) is 9.59 Å². The highest BCUT2D eigenvalue weighted by Crippen LogP contribution is 2.23. The number of anilines is 1. The second kappa shape index (κ2) is 13.8. The highest BCUT2D eigenvalue weighted by atomic mass is 16.5. The maximum atomic E-state index is 12.4. The predicted octanol–water partition coefficient (Wildman–Crippen LogP) is 5.84. The zero-order valence-electron chi connectivity index (χ0n) is 20.4. The summed E-state index contributed by atoms with van der Waals surface area (Å²) in [5, 5.41) is 2.82. The molecule has 0 unspecified atom stereocenters. The zero-order chi connectivity index (χ0) is 24.9. The van der Waals surface area contributed by atoms with Crippen LogP contribution in [0.25, 0.3) is 0 Å². The topological polar surface area (TPSA) is 73.9 Å². The van der Waals surface area contributed by atoms with Crippen molar-refractivity contribution in [1.29, 1.82) is 0 Å². The number of unbranched alkanes of at least 4 members (excludes halogenated alkanes) is 2. The number of benzene rings is 3. The number of methoxy groups -OCH3 is 2. The molecule has 0 spiro atoms. The van der Waals surface area contributed by atoms with Crippen LogP contribution in [0.4, 0.5) is 5.69 Å². The Balaban J connectivity index is 1.36. The Kier molecular flexibility index (Phi) is 10.2. The number of aryl methyl sites for hydroxylation is 2.